The van der Waals surface area contributed by atoms with Gasteiger partial charge in [0.25, 0.3) is 0 Å². The van der Waals surface area contributed by atoms with Crippen LogP contribution in [0.1, 0.15) is 43.4 Å². The third kappa shape index (κ3) is 3.30. The number of thiophene rings is 1. The van der Waals surface area contributed by atoms with Crippen LogP contribution in [-0.2, 0) is 17.6 Å². The van der Waals surface area contributed by atoms with E-state index in [-0.39, 0.29) is 11.6 Å². The molecule has 0 fully saturated rings. The van der Waals surface area contributed by atoms with E-state index >= 15 is 0 Å². The van der Waals surface area contributed by atoms with Gasteiger partial charge in [-0.2, -0.15) is 0 Å². The van der Waals surface area contributed by atoms with Crippen LogP contribution in [0.15, 0.2) is 12.1 Å². The van der Waals surface area contributed by atoms with Crippen LogP contribution in [0.5, 0.6) is 0 Å². The molecule has 1 rings (SSSR count). The second kappa shape index (κ2) is 6.53. The summed E-state index contributed by atoms with van der Waals surface area (Å²) in [6.07, 6.45) is 3.96. The Bertz CT molecular complexity index is 322. The molecule has 1 heterocycles. The maximum atomic E-state index is 6.35. The zero-order chi connectivity index (χ0) is 12.9. The topological polar surface area (TPSA) is 35.2 Å². The molecular formula is C14H25NOS. The summed E-state index contributed by atoms with van der Waals surface area (Å²) in [5.41, 5.74) is 6.18. The molecular weight excluding hydrogens is 230 g/mol. The van der Waals surface area contributed by atoms with Crippen molar-refractivity contribution in [3.63, 3.8) is 0 Å². The first-order valence-electron chi connectivity index (χ1n) is 6.50. The molecule has 1 atom stereocenters. The minimum atomic E-state index is -0.170. The zero-order valence-electron chi connectivity index (χ0n) is 11.5. The van der Waals surface area contributed by atoms with Crippen molar-refractivity contribution < 1.29 is 4.74 Å². The van der Waals surface area contributed by atoms with Crippen LogP contribution in [0.3, 0.4) is 0 Å². The first-order chi connectivity index (χ1) is 8.11. The Morgan fingerprint density at radius 3 is 2.24 bits per heavy atom. The smallest absolute Gasteiger partial charge is 0.0827 e. The third-order valence-corrected chi connectivity index (χ3v) is 5.02. The van der Waals surface area contributed by atoms with Crippen molar-refractivity contribution >= 4 is 11.3 Å². The van der Waals surface area contributed by atoms with Crippen molar-refractivity contribution in [3.05, 3.63) is 21.9 Å². The number of ether oxygens (including phenoxy) is 1. The summed E-state index contributed by atoms with van der Waals surface area (Å²) in [7, 11) is 1.78. The number of rotatable bonds is 7. The first kappa shape index (κ1) is 14.7. The SMILES string of the molecule is CCc1ccc(CC(N)C(CC)(CC)OC)s1. The average molecular weight is 255 g/mol. The lowest BCUT2D eigenvalue weighted by molar-refractivity contribution is -0.0372. The predicted molar refractivity (Wildman–Crippen MR) is 75.7 cm³/mol. The molecule has 0 aliphatic heterocycles. The maximum Gasteiger partial charge on any atom is 0.0827 e. The Kier molecular flexibility index (Phi) is 5.63. The summed E-state index contributed by atoms with van der Waals surface area (Å²) in [6.45, 7) is 6.49. The average Bonchev–Trinajstić information content (AvgIpc) is 2.80. The Morgan fingerprint density at radius 2 is 1.82 bits per heavy atom. The van der Waals surface area contributed by atoms with Gasteiger partial charge in [0.1, 0.15) is 0 Å². The second-order valence-electron chi connectivity index (χ2n) is 4.51. The van der Waals surface area contributed by atoms with E-state index in [1.807, 2.05) is 11.3 Å². The number of hydrogen-bond acceptors (Lipinski definition) is 3. The van der Waals surface area contributed by atoms with Crippen LogP contribution in [-0.4, -0.2) is 18.8 Å². The minimum absolute atomic E-state index is 0.0749. The molecule has 0 aliphatic rings. The quantitative estimate of drug-likeness (QED) is 0.810. The Hall–Kier alpha value is -0.380. The fraction of sp³-hybridized carbons (Fsp3) is 0.714. The van der Waals surface area contributed by atoms with Crippen molar-refractivity contribution in [1.82, 2.24) is 0 Å². The van der Waals surface area contributed by atoms with Crippen molar-refractivity contribution in [2.75, 3.05) is 7.11 Å². The molecule has 2 nitrogen and oxygen atoms in total. The summed E-state index contributed by atoms with van der Waals surface area (Å²) in [5, 5.41) is 0. The van der Waals surface area contributed by atoms with Crippen LogP contribution >= 0.6 is 11.3 Å². The number of aryl methyl sites for hydroxylation is 1. The van der Waals surface area contributed by atoms with E-state index in [2.05, 4.69) is 32.9 Å². The summed E-state index contributed by atoms with van der Waals surface area (Å²) in [6, 6.07) is 4.49. The number of methoxy groups -OCH3 is 1. The van der Waals surface area contributed by atoms with Gasteiger partial charge in [-0.25, -0.2) is 0 Å². The van der Waals surface area contributed by atoms with Gasteiger partial charge in [0.2, 0.25) is 0 Å². The van der Waals surface area contributed by atoms with Gasteiger partial charge in [-0.1, -0.05) is 20.8 Å². The molecule has 0 saturated heterocycles. The molecule has 0 saturated carbocycles. The highest BCUT2D eigenvalue weighted by Crippen LogP contribution is 2.27. The summed E-state index contributed by atoms with van der Waals surface area (Å²) >= 11 is 1.87. The van der Waals surface area contributed by atoms with E-state index in [0.29, 0.717) is 0 Å². The largest absolute Gasteiger partial charge is 0.377 e. The van der Waals surface area contributed by atoms with Crippen molar-refractivity contribution in [2.45, 2.75) is 58.1 Å². The van der Waals surface area contributed by atoms with Crippen molar-refractivity contribution in [1.29, 1.82) is 0 Å². The summed E-state index contributed by atoms with van der Waals surface area (Å²) in [5.74, 6) is 0. The highest BCUT2D eigenvalue weighted by atomic mass is 32.1. The van der Waals surface area contributed by atoms with Crippen LogP contribution in [0.25, 0.3) is 0 Å². The van der Waals surface area contributed by atoms with E-state index in [1.165, 1.54) is 9.75 Å². The van der Waals surface area contributed by atoms with Gasteiger partial charge in [0, 0.05) is 22.9 Å². The Labute approximate surface area is 109 Å². The summed E-state index contributed by atoms with van der Waals surface area (Å²) in [4.78, 5) is 2.81. The van der Waals surface area contributed by atoms with Crippen LogP contribution in [0.2, 0.25) is 0 Å². The number of nitrogens with two attached hydrogens (primary N) is 1. The molecule has 0 aliphatic carbocycles. The molecule has 1 aromatic rings. The van der Waals surface area contributed by atoms with Crippen molar-refractivity contribution in [2.24, 2.45) is 5.73 Å². The molecule has 0 spiro atoms. The lowest BCUT2D eigenvalue weighted by Crippen LogP contribution is -2.49. The first-order valence-corrected chi connectivity index (χ1v) is 7.31. The predicted octanol–water partition coefficient (Wildman–Crippen LogP) is 3.39. The van der Waals surface area contributed by atoms with E-state index in [4.69, 9.17) is 10.5 Å². The Morgan fingerprint density at radius 1 is 1.24 bits per heavy atom. The van der Waals surface area contributed by atoms with Gasteiger partial charge in [-0.05, 0) is 37.8 Å². The normalized spacial score (nSPS) is 13.9. The van der Waals surface area contributed by atoms with Gasteiger partial charge >= 0.3 is 0 Å². The molecule has 98 valence electrons. The maximum absolute atomic E-state index is 6.35. The fourth-order valence-corrected chi connectivity index (χ4v) is 3.36. The molecule has 3 heteroatoms. The van der Waals surface area contributed by atoms with Gasteiger partial charge in [0.05, 0.1) is 5.60 Å². The minimum Gasteiger partial charge on any atom is -0.377 e. The molecule has 0 amide bonds. The third-order valence-electron chi connectivity index (χ3n) is 3.77. The highest BCUT2D eigenvalue weighted by molar-refractivity contribution is 7.11. The number of hydrogen-bond donors (Lipinski definition) is 1. The second-order valence-corrected chi connectivity index (χ2v) is 5.76. The lowest BCUT2D eigenvalue weighted by atomic mass is 9.86. The van der Waals surface area contributed by atoms with Gasteiger partial charge in [0.15, 0.2) is 0 Å². The summed E-state index contributed by atoms with van der Waals surface area (Å²) < 4.78 is 5.68. The van der Waals surface area contributed by atoms with E-state index in [9.17, 15) is 0 Å². The van der Waals surface area contributed by atoms with Crippen LogP contribution < -0.4 is 5.73 Å². The molecule has 0 bridgehead atoms. The molecule has 1 unspecified atom stereocenters. The van der Waals surface area contributed by atoms with Crippen molar-refractivity contribution in [3.8, 4) is 0 Å². The highest BCUT2D eigenvalue weighted by Gasteiger charge is 2.33. The van der Waals surface area contributed by atoms with Crippen LogP contribution in [0, 0.1) is 0 Å². The molecule has 17 heavy (non-hydrogen) atoms. The molecule has 0 radical (unpaired) electrons. The monoisotopic (exact) mass is 255 g/mol. The van der Waals surface area contributed by atoms with E-state index < -0.39 is 0 Å². The van der Waals surface area contributed by atoms with E-state index in [0.717, 1.165) is 25.7 Å². The van der Waals surface area contributed by atoms with Gasteiger partial charge < -0.3 is 10.5 Å². The van der Waals surface area contributed by atoms with E-state index in [1.54, 1.807) is 7.11 Å². The fourth-order valence-electron chi connectivity index (χ4n) is 2.34. The molecule has 2 N–H and O–H groups in total. The standard InChI is InChI=1S/C14H25NOS/c1-5-11-8-9-12(17-11)10-13(15)14(6-2,7-3)16-4/h8-9,13H,5-7,10,15H2,1-4H3. The molecule has 1 aromatic heterocycles. The van der Waals surface area contributed by atoms with Gasteiger partial charge in [-0.3, -0.25) is 0 Å². The molecule has 0 aromatic carbocycles. The van der Waals surface area contributed by atoms with Crippen LogP contribution in [0.4, 0.5) is 0 Å². The van der Waals surface area contributed by atoms with Gasteiger partial charge in [-0.15, -0.1) is 11.3 Å². The zero-order valence-corrected chi connectivity index (χ0v) is 12.3. The lowest BCUT2D eigenvalue weighted by Gasteiger charge is -2.36. The Balaban J connectivity index is 2.72.